The SMILES string of the molecule is Cc1ccc(NS(=O)(=O)c2sccc2Cl)c(CN(C)C)c1. The molecular weight excluding hydrogens is 328 g/mol. The van der Waals surface area contributed by atoms with Crippen LogP contribution >= 0.6 is 22.9 Å². The molecule has 2 rings (SSSR count). The first-order valence-corrected chi connectivity index (χ1v) is 9.04. The number of nitrogens with one attached hydrogen (secondary N) is 1. The van der Waals surface area contributed by atoms with E-state index in [1.165, 1.54) is 0 Å². The van der Waals surface area contributed by atoms with E-state index in [0.29, 0.717) is 12.2 Å². The predicted molar refractivity (Wildman–Crippen MR) is 88.7 cm³/mol. The average Bonchev–Trinajstić information content (AvgIpc) is 2.79. The van der Waals surface area contributed by atoms with E-state index in [4.69, 9.17) is 11.6 Å². The van der Waals surface area contributed by atoms with Gasteiger partial charge in [-0.1, -0.05) is 29.3 Å². The summed E-state index contributed by atoms with van der Waals surface area (Å²) in [5, 5.41) is 1.90. The lowest BCUT2D eigenvalue weighted by Gasteiger charge is -2.16. The number of benzene rings is 1. The van der Waals surface area contributed by atoms with E-state index < -0.39 is 10.0 Å². The molecule has 0 unspecified atom stereocenters. The van der Waals surface area contributed by atoms with Crippen molar-refractivity contribution in [1.82, 2.24) is 4.90 Å². The van der Waals surface area contributed by atoms with Crippen LogP contribution in [-0.2, 0) is 16.6 Å². The molecule has 1 aromatic heterocycles. The zero-order valence-electron chi connectivity index (χ0n) is 12.1. The fourth-order valence-corrected chi connectivity index (χ4v) is 4.75. The Morgan fingerprint density at radius 2 is 2.00 bits per heavy atom. The summed E-state index contributed by atoms with van der Waals surface area (Å²) < 4.78 is 27.6. The Bertz CT molecular complexity index is 739. The number of aryl methyl sites for hydroxylation is 1. The minimum atomic E-state index is -3.65. The zero-order chi connectivity index (χ0) is 15.6. The van der Waals surface area contributed by atoms with Crippen LogP contribution in [0.15, 0.2) is 33.9 Å². The molecular formula is C14H17ClN2O2S2. The van der Waals surface area contributed by atoms with E-state index >= 15 is 0 Å². The molecule has 2 aromatic rings. The Hall–Kier alpha value is -1.08. The van der Waals surface area contributed by atoms with Crippen molar-refractivity contribution in [2.45, 2.75) is 17.7 Å². The molecule has 1 aromatic carbocycles. The molecule has 0 bridgehead atoms. The van der Waals surface area contributed by atoms with Crippen molar-refractivity contribution >= 4 is 38.6 Å². The number of sulfonamides is 1. The highest BCUT2D eigenvalue weighted by molar-refractivity contribution is 7.94. The fourth-order valence-electron chi connectivity index (χ4n) is 1.96. The van der Waals surface area contributed by atoms with E-state index in [0.717, 1.165) is 22.5 Å². The van der Waals surface area contributed by atoms with Crippen LogP contribution in [0, 0.1) is 6.92 Å². The predicted octanol–water partition coefficient (Wildman–Crippen LogP) is 3.57. The first-order valence-electron chi connectivity index (χ1n) is 6.29. The number of rotatable bonds is 5. The van der Waals surface area contributed by atoms with Crippen LogP contribution in [0.1, 0.15) is 11.1 Å². The number of anilines is 1. The van der Waals surface area contributed by atoms with Crippen LogP contribution in [-0.4, -0.2) is 27.4 Å². The molecule has 0 spiro atoms. The van der Waals surface area contributed by atoms with Gasteiger partial charge in [0.05, 0.1) is 10.7 Å². The topological polar surface area (TPSA) is 49.4 Å². The van der Waals surface area contributed by atoms with Crippen molar-refractivity contribution in [3.8, 4) is 0 Å². The smallest absolute Gasteiger partial charge is 0.272 e. The molecule has 21 heavy (non-hydrogen) atoms. The van der Waals surface area contributed by atoms with Gasteiger partial charge in [0.1, 0.15) is 0 Å². The van der Waals surface area contributed by atoms with Gasteiger partial charge in [0.25, 0.3) is 10.0 Å². The van der Waals surface area contributed by atoms with Crippen molar-refractivity contribution in [2.24, 2.45) is 0 Å². The molecule has 0 atom stereocenters. The molecule has 4 nitrogen and oxygen atoms in total. The van der Waals surface area contributed by atoms with Crippen molar-refractivity contribution in [3.05, 3.63) is 45.8 Å². The van der Waals surface area contributed by atoms with E-state index in [1.54, 1.807) is 17.5 Å². The largest absolute Gasteiger partial charge is 0.305 e. The third-order valence-electron chi connectivity index (χ3n) is 2.82. The molecule has 0 aliphatic rings. The number of thiophene rings is 1. The molecule has 1 heterocycles. The fraction of sp³-hybridized carbons (Fsp3) is 0.286. The quantitative estimate of drug-likeness (QED) is 0.902. The molecule has 0 aliphatic heterocycles. The van der Waals surface area contributed by atoms with Gasteiger partial charge in [-0.25, -0.2) is 8.42 Å². The Labute approximate surface area is 134 Å². The van der Waals surface area contributed by atoms with Crippen LogP contribution in [0.25, 0.3) is 0 Å². The van der Waals surface area contributed by atoms with Crippen LogP contribution in [0.3, 0.4) is 0 Å². The number of hydrogen-bond acceptors (Lipinski definition) is 4. The lowest BCUT2D eigenvalue weighted by Crippen LogP contribution is -2.17. The summed E-state index contributed by atoms with van der Waals surface area (Å²) in [5.74, 6) is 0. The molecule has 0 aliphatic carbocycles. The maximum Gasteiger partial charge on any atom is 0.272 e. The van der Waals surface area contributed by atoms with Gasteiger partial charge in [-0.2, -0.15) is 0 Å². The van der Waals surface area contributed by atoms with E-state index in [2.05, 4.69) is 4.72 Å². The van der Waals surface area contributed by atoms with Crippen molar-refractivity contribution in [2.75, 3.05) is 18.8 Å². The Morgan fingerprint density at radius 1 is 1.29 bits per heavy atom. The Balaban J connectivity index is 2.37. The highest BCUT2D eigenvalue weighted by atomic mass is 35.5. The molecule has 114 valence electrons. The molecule has 1 N–H and O–H groups in total. The lowest BCUT2D eigenvalue weighted by atomic mass is 10.1. The first kappa shape index (κ1) is 16.3. The molecule has 0 saturated heterocycles. The summed E-state index contributed by atoms with van der Waals surface area (Å²) in [4.78, 5) is 1.99. The minimum absolute atomic E-state index is 0.139. The summed E-state index contributed by atoms with van der Waals surface area (Å²) in [7, 11) is 0.229. The second-order valence-corrected chi connectivity index (χ2v) is 8.26. The number of nitrogens with zero attached hydrogens (tertiary/aromatic N) is 1. The van der Waals surface area contributed by atoms with Crippen molar-refractivity contribution in [3.63, 3.8) is 0 Å². The highest BCUT2D eigenvalue weighted by Crippen LogP contribution is 2.30. The summed E-state index contributed by atoms with van der Waals surface area (Å²) in [6.45, 7) is 2.63. The molecule has 0 fully saturated rings. The normalized spacial score (nSPS) is 11.9. The van der Waals surface area contributed by atoms with Gasteiger partial charge in [-0.15, -0.1) is 11.3 Å². The van der Waals surface area contributed by atoms with Gasteiger partial charge >= 0.3 is 0 Å². The van der Waals surface area contributed by atoms with Crippen LogP contribution in [0.4, 0.5) is 5.69 Å². The Morgan fingerprint density at radius 3 is 2.57 bits per heavy atom. The minimum Gasteiger partial charge on any atom is -0.305 e. The standard InChI is InChI=1S/C14H17ClN2O2S2/c1-10-4-5-13(11(8-10)9-17(2)3)16-21(18,19)14-12(15)6-7-20-14/h4-8,16H,9H2,1-3H3. The van der Waals surface area contributed by atoms with Gasteiger partial charge in [0.2, 0.25) is 0 Å². The van der Waals surface area contributed by atoms with Gasteiger partial charge in [0, 0.05) is 6.54 Å². The monoisotopic (exact) mass is 344 g/mol. The second kappa shape index (κ2) is 6.36. The first-order chi connectivity index (χ1) is 9.79. The summed E-state index contributed by atoms with van der Waals surface area (Å²) >= 11 is 7.03. The van der Waals surface area contributed by atoms with Crippen molar-refractivity contribution < 1.29 is 8.42 Å². The van der Waals surface area contributed by atoms with Crippen LogP contribution in [0.5, 0.6) is 0 Å². The molecule has 0 radical (unpaired) electrons. The van der Waals surface area contributed by atoms with Gasteiger partial charge in [0.15, 0.2) is 4.21 Å². The average molecular weight is 345 g/mol. The van der Waals surface area contributed by atoms with Crippen molar-refractivity contribution in [1.29, 1.82) is 0 Å². The molecule has 7 heteroatoms. The third-order valence-corrected chi connectivity index (χ3v) is 6.21. The lowest BCUT2D eigenvalue weighted by molar-refractivity contribution is 0.403. The van der Waals surface area contributed by atoms with E-state index in [-0.39, 0.29) is 9.23 Å². The highest BCUT2D eigenvalue weighted by Gasteiger charge is 2.20. The summed E-state index contributed by atoms with van der Waals surface area (Å²) in [5.41, 5.74) is 2.60. The maximum absolute atomic E-state index is 12.4. The number of hydrogen-bond donors (Lipinski definition) is 1. The van der Waals surface area contributed by atoms with Gasteiger partial charge in [-0.05, 0) is 44.1 Å². The summed E-state index contributed by atoms with van der Waals surface area (Å²) in [6.07, 6.45) is 0. The van der Waals surface area contributed by atoms with Gasteiger partial charge < -0.3 is 4.90 Å². The Kier molecular flexibility index (Phi) is 4.93. The molecule has 0 amide bonds. The number of halogens is 1. The van der Waals surface area contributed by atoms with E-state index in [1.807, 2.05) is 38.1 Å². The van der Waals surface area contributed by atoms with E-state index in [9.17, 15) is 8.42 Å². The van der Waals surface area contributed by atoms with Crippen LogP contribution in [0.2, 0.25) is 5.02 Å². The summed E-state index contributed by atoms with van der Waals surface area (Å²) in [6, 6.07) is 7.23. The van der Waals surface area contributed by atoms with Crippen LogP contribution < -0.4 is 4.72 Å². The molecule has 0 saturated carbocycles. The van der Waals surface area contributed by atoms with Gasteiger partial charge in [-0.3, -0.25) is 4.72 Å². The maximum atomic E-state index is 12.4. The second-order valence-electron chi connectivity index (χ2n) is 5.06. The zero-order valence-corrected chi connectivity index (χ0v) is 14.4. The third kappa shape index (κ3) is 3.97.